The molecule has 0 bridgehead atoms. The number of benzene rings is 1. The van der Waals surface area contributed by atoms with Crippen molar-refractivity contribution in [3.63, 3.8) is 0 Å². The molecule has 15 heavy (non-hydrogen) atoms. The van der Waals surface area contributed by atoms with Gasteiger partial charge >= 0.3 is 0 Å². The maximum absolute atomic E-state index is 12.4. The van der Waals surface area contributed by atoms with Crippen molar-refractivity contribution in [2.45, 2.75) is 18.9 Å². The number of nitrogens with two attached hydrogens (primary N) is 1. The van der Waals surface area contributed by atoms with Crippen molar-refractivity contribution in [2.75, 3.05) is 7.11 Å². The summed E-state index contributed by atoms with van der Waals surface area (Å²) in [7, 11) is 1.51. The van der Waals surface area contributed by atoms with Crippen LogP contribution in [0.5, 0.6) is 5.75 Å². The highest BCUT2D eigenvalue weighted by molar-refractivity contribution is 5.33. The van der Waals surface area contributed by atoms with Crippen molar-refractivity contribution in [3.05, 3.63) is 29.8 Å². The second-order valence-electron chi connectivity index (χ2n) is 3.12. The van der Waals surface area contributed by atoms with Crippen LogP contribution in [0.2, 0.25) is 0 Å². The molecule has 3 nitrogen and oxygen atoms in total. The number of methoxy groups -OCH3 is 1. The highest BCUT2D eigenvalue weighted by Gasteiger charge is 2.20. The molecule has 0 aliphatic carbocycles. The summed E-state index contributed by atoms with van der Waals surface area (Å²) in [5, 5.41) is 0. The lowest BCUT2D eigenvalue weighted by Crippen LogP contribution is -2.42. The second-order valence-corrected chi connectivity index (χ2v) is 3.12. The molecule has 1 rings (SSSR count). The molecule has 1 atom stereocenters. The summed E-state index contributed by atoms with van der Waals surface area (Å²) in [5.74, 6) is 5.64. The Morgan fingerprint density at radius 1 is 1.40 bits per heavy atom. The van der Waals surface area contributed by atoms with Crippen molar-refractivity contribution in [3.8, 4) is 5.75 Å². The predicted molar refractivity (Wildman–Crippen MR) is 53.8 cm³/mol. The first-order valence-electron chi connectivity index (χ1n) is 4.55. The predicted octanol–water partition coefficient (Wildman–Crippen LogP) is 1.33. The highest BCUT2D eigenvalue weighted by atomic mass is 19.3. The summed E-state index contributed by atoms with van der Waals surface area (Å²) in [6.07, 6.45) is -2.36. The van der Waals surface area contributed by atoms with E-state index in [9.17, 15) is 8.78 Å². The highest BCUT2D eigenvalue weighted by Crippen LogP contribution is 2.20. The fourth-order valence-electron chi connectivity index (χ4n) is 1.33. The third kappa shape index (κ3) is 3.14. The first-order valence-corrected chi connectivity index (χ1v) is 4.55. The third-order valence-corrected chi connectivity index (χ3v) is 2.15. The van der Waals surface area contributed by atoms with Gasteiger partial charge in [-0.25, -0.2) is 8.78 Å². The van der Waals surface area contributed by atoms with Crippen molar-refractivity contribution in [2.24, 2.45) is 5.84 Å². The minimum atomic E-state index is -2.50. The zero-order valence-electron chi connectivity index (χ0n) is 8.41. The number of hydrazine groups is 1. The molecular formula is C10H14F2N2O. The Labute approximate surface area is 87.2 Å². The molecule has 0 spiro atoms. The second kappa shape index (κ2) is 5.63. The normalized spacial score (nSPS) is 12.9. The summed E-state index contributed by atoms with van der Waals surface area (Å²) in [6.45, 7) is 0. The Bertz CT molecular complexity index is 307. The lowest BCUT2D eigenvalue weighted by atomic mass is 10.1. The first-order chi connectivity index (χ1) is 7.19. The zero-order valence-corrected chi connectivity index (χ0v) is 8.41. The van der Waals surface area contributed by atoms with Crippen LogP contribution in [0.25, 0.3) is 0 Å². The number of halogens is 2. The standard InChI is InChI=1S/C10H14F2N2O/c1-15-9-5-3-2-4-7(9)6-8(14-13)10(11)12/h2-5,8,10,14H,6,13H2,1H3. The van der Waals surface area contributed by atoms with E-state index in [4.69, 9.17) is 10.6 Å². The van der Waals surface area contributed by atoms with Gasteiger partial charge in [0.1, 0.15) is 5.75 Å². The van der Waals surface area contributed by atoms with Gasteiger partial charge in [0.25, 0.3) is 6.43 Å². The van der Waals surface area contributed by atoms with Gasteiger partial charge in [-0.3, -0.25) is 11.3 Å². The average Bonchev–Trinajstić information content (AvgIpc) is 2.25. The number of hydrogen-bond acceptors (Lipinski definition) is 3. The maximum Gasteiger partial charge on any atom is 0.255 e. The van der Waals surface area contributed by atoms with E-state index in [1.165, 1.54) is 7.11 Å². The number of rotatable bonds is 5. The smallest absolute Gasteiger partial charge is 0.255 e. The number of ether oxygens (including phenoxy) is 1. The molecule has 0 fully saturated rings. The quantitative estimate of drug-likeness (QED) is 0.576. The van der Waals surface area contributed by atoms with Gasteiger partial charge in [0.05, 0.1) is 13.2 Å². The van der Waals surface area contributed by atoms with Crippen LogP contribution in [-0.2, 0) is 6.42 Å². The zero-order chi connectivity index (χ0) is 11.3. The van der Waals surface area contributed by atoms with Crippen LogP contribution in [0.15, 0.2) is 24.3 Å². The fourth-order valence-corrected chi connectivity index (χ4v) is 1.33. The van der Waals surface area contributed by atoms with E-state index < -0.39 is 12.5 Å². The fraction of sp³-hybridized carbons (Fsp3) is 0.400. The molecular weight excluding hydrogens is 202 g/mol. The van der Waals surface area contributed by atoms with Gasteiger partial charge in [-0.1, -0.05) is 18.2 Å². The monoisotopic (exact) mass is 216 g/mol. The van der Waals surface area contributed by atoms with Crippen LogP contribution >= 0.6 is 0 Å². The van der Waals surface area contributed by atoms with Crippen molar-refractivity contribution >= 4 is 0 Å². The minimum Gasteiger partial charge on any atom is -0.496 e. The van der Waals surface area contributed by atoms with Crippen LogP contribution < -0.4 is 16.0 Å². The van der Waals surface area contributed by atoms with Crippen LogP contribution in [-0.4, -0.2) is 19.6 Å². The molecule has 5 heteroatoms. The molecule has 3 N–H and O–H groups in total. The third-order valence-electron chi connectivity index (χ3n) is 2.15. The summed E-state index contributed by atoms with van der Waals surface area (Å²) >= 11 is 0. The maximum atomic E-state index is 12.4. The van der Waals surface area contributed by atoms with Gasteiger partial charge in [-0.05, 0) is 18.1 Å². The van der Waals surface area contributed by atoms with Gasteiger partial charge in [0, 0.05) is 0 Å². The summed E-state index contributed by atoms with van der Waals surface area (Å²) in [5.41, 5.74) is 2.81. The minimum absolute atomic E-state index is 0.137. The van der Waals surface area contributed by atoms with E-state index in [0.717, 1.165) is 0 Å². The molecule has 1 unspecified atom stereocenters. The largest absolute Gasteiger partial charge is 0.496 e. The van der Waals surface area contributed by atoms with Crippen molar-refractivity contribution < 1.29 is 13.5 Å². The lowest BCUT2D eigenvalue weighted by molar-refractivity contribution is 0.0981. The number of alkyl halides is 2. The Morgan fingerprint density at radius 3 is 2.60 bits per heavy atom. The van der Waals surface area contributed by atoms with Crippen LogP contribution in [0.1, 0.15) is 5.56 Å². The van der Waals surface area contributed by atoms with Crippen molar-refractivity contribution in [1.82, 2.24) is 5.43 Å². The topological polar surface area (TPSA) is 47.3 Å². The Morgan fingerprint density at radius 2 is 2.07 bits per heavy atom. The summed E-state index contributed by atoms with van der Waals surface area (Å²) < 4.78 is 29.9. The van der Waals surface area contributed by atoms with Crippen molar-refractivity contribution in [1.29, 1.82) is 0 Å². The van der Waals surface area contributed by atoms with Gasteiger partial charge < -0.3 is 4.74 Å². The van der Waals surface area contributed by atoms with E-state index in [1.54, 1.807) is 24.3 Å². The van der Waals surface area contributed by atoms with E-state index in [2.05, 4.69) is 5.43 Å². The van der Waals surface area contributed by atoms with E-state index in [-0.39, 0.29) is 6.42 Å². The molecule has 0 saturated carbocycles. The summed E-state index contributed by atoms with van der Waals surface area (Å²) in [4.78, 5) is 0. The van der Waals surface area contributed by atoms with Gasteiger partial charge in [-0.15, -0.1) is 0 Å². The number of hydrogen-bond donors (Lipinski definition) is 2. The summed E-state index contributed by atoms with van der Waals surface area (Å²) in [6, 6.07) is 5.98. The molecule has 0 radical (unpaired) electrons. The Hall–Kier alpha value is -1.20. The number of nitrogens with one attached hydrogen (secondary N) is 1. The molecule has 84 valence electrons. The lowest BCUT2D eigenvalue weighted by Gasteiger charge is -2.16. The molecule has 0 aliphatic heterocycles. The molecule has 0 heterocycles. The molecule has 0 aromatic heterocycles. The molecule has 1 aromatic carbocycles. The molecule has 1 aromatic rings. The van der Waals surface area contributed by atoms with Gasteiger partial charge in [0.2, 0.25) is 0 Å². The Kier molecular flexibility index (Phi) is 4.45. The first kappa shape index (κ1) is 11.9. The molecule has 0 aliphatic rings. The van der Waals surface area contributed by atoms with Crippen LogP contribution in [0, 0.1) is 0 Å². The van der Waals surface area contributed by atoms with Gasteiger partial charge in [0.15, 0.2) is 0 Å². The van der Waals surface area contributed by atoms with Crippen LogP contribution in [0.3, 0.4) is 0 Å². The van der Waals surface area contributed by atoms with E-state index in [1.807, 2.05) is 0 Å². The molecule has 0 saturated heterocycles. The number of para-hydroxylation sites is 1. The SMILES string of the molecule is COc1ccccc1CC(NN)C(F)F. The van der Waals surface area contributed by atoms with E-state index >= 15 is 0 Å². The van der Waals surface area contributed by atoms with Crippen LogP contribution in [0.4, 0.5) is 8.78 Å². The Balaban J connectivity index is 2.78. The van der Waals surface area contributed by atoms with Gasteiger partial charge in [-0.2, -0.15) is 0 Å². The molecule has 0 amide bonds. The van der Waals surface area contributed by atoms with E-state index in [0.29, 0.717) is 11.3 Å². The average molecular weight is 216 g/mol.